The van der Waals surface area contributed by atoms with Crippen LogP contribution in [0.25, 0.3) is 0 Å². The molecule has 1 saturated carbocycles. The third-order valence-corrected chi connectivity index (χ3v) is 7.90. The zero-order chi connectivity index (χ0) is 23.3. The molecule has 1 aromatic carbocycles. The number of halogens is 3. The standard InChI is InChI=1S/C21H24F3N3O4S/c1-13(14-3-2-4-15(11-14)21(22,23)24)26(16-5-6-16)20(29)18-7-8-19(28)27(25-18)17-9-10-32(30,31)12-17/h2-4,11,13,16-17H,5-10,12H2,1H3. The maximum atomic E-state index is 13.4. The molecular weight excluding hydrogens is 447 g/mol. The summed E-state index contributed by atoms with van der Waals surface area (Å²) in [7, 11) is -3.24. The Kier molecular flexibility index (Phi) is 5.81. The van der Waals surface area contributed by atoms with Crippen LogP contribution >= 0.6 is 0 Å². The quantitative estimate of drug-likeness (QED) is 0.661. The average molecular weight is 472 g/mol. The van der Waals surface area contributed by atoms with Crippen molar-refractivity contribution in [3.63, 3.8) is 0 Å². The zero-order valence-electron chi connectivity index (χ0n) is 17.5. The van der Waals surface area contributed by atoms with Gasteiger partial charge in [-0.15, -0.1) is 0 Å². The minimum atomic E-state index is -4.49. The van der Waals surface area contributed by atoms with E-state index in [1.165, 1.54) is 6.07 Å². The lowest BCUT2D eigenvalue weighted by molar-refractivity contribution is -0.137. The summed E-state index contributed by atoms with van der Waals surface area (Å²) >= 11 is 0. The van der Waals surface area contributed by atoms with Crippen molar-refractivity contribution in [2.45, 2.75) is 63.3 Å². The van der Waals surface area contributed by atoms with E-state index in [1.54, 1.807) is 17.9 Å². The van der Waals surface area contributed by atoms with Gasteiger partial charge in [0.15, 0.2) is 9.84 Å². The van der Waals surface area contributed by atoms with Gasteiger partial charge in [0.2, 0.25) is 5.91 Å². The maximum Gasteiger partial charge on any atom is 0.416 e. The number of carbonyl (C=O) groups is 2. The summed E-state index contributed by atoms with van der Waals surface area (Å²) in [5, 5.41) is 5.37. The number of sulfone groups is 1. The number of hydrogen-bond donors (Lipinski definition) is 0. The van der Waals surface area contributed by atoms with Crippen molar-refractivity contribution in [1.29, 1.82) is 0 Å². The van der Waals surface area contributed by atoms with E-state index in [-0.39, 0.29) is 48.4 Å². The second-order valence-electron chi connectivity index (χ2n) is 8.58. The van der Waals surface area contributed by atoms with Gasteiger partial charge in [0.1, 0.15) is 5.71 Å². The van der Waals surface area contributed by atoms with Crippen molar-refractivity contribution in [3.8, 4) is 0 Å². The van der Waals surface area contributed by atoms with Gasteiger partial charge in [-0.25, -0.2) is 13.4 Å². The van der Waals surface area contributed by atoms with E-state index < -0.39 is 39.6 Å². The van der Waals surface area contributed by atoms with E-state index in [0.717, 1.165) is 30.0 Å². The molecule has 32 heavy (non-hydrogen) atoms. The molecular formula is C21H24F3N3O4S. The smallest absolute Gasteiger partial charge is 0.328 e. The first-order valence-corrected chi connectivity index (χ1v) is 12.4. The Morgan fingerprint density at radius 2 is 1.94 bits per heavy atom. The molecule has 174 valence electrons. The summed E-state index contributed by atoms with van der Waals surface area (Å²) in [5.74, 6) is -0.958. The highest BCUT2D eigenvalue weighted by Gasteiger charge is 2.42. The van der Waals surface area contributed by atoms with Gasteiger partial charge in [-0.2, -0.15) is 18.3 Å². The monoisotopic (exact) mass is 471 g/mol. The molecule has 2 aliphatic heterocycles. The summed E-state index contributed by atoms with van der Waals surface area (Å²) in [6, 6.07) is 3.61. The Bertz CT molecular complexity index is 1070. The summed E-state index contributed by atoms with van der Waals surface area (Å²) in [5.41, 5.74) is -0.273. The molecule has 2 amide bonds. The van der Waals surface area contributed by atoms with Crippen molar-refractivity contribution >= 4 is 27.4 Å². The summed E-state index contributed by atoms with van der Waals surface area (Å²) in [4.78, 5) is 27.3. The van der Waals surface area contributed by atoms with Crippen molar-refractivity contribution in [2.75, 3.05) is 11.5 Å². The van der Waals surface area contributed by atoms with Crippen LogP contribution in [0.5, 0.6) is 0 Å². The first-order valence-electron chi connectivity index (χ1n) is 10.6. The molecule has 2 heterocycles. The number of amides is 2. The van der Waals surface area contributed by atoms with Gasteiger partial charge in [0.25, 0.3) is 5.91 Å². The van der Waals surface area contributed by atoms with Gasteiger partial charge >= 0.3 is 6.18 Å². The molecule has 7 nitrogen and oxygen atoms in total. The highest BCUT2D eigenvalue weighted by molar-refractivity contribution is 7.91. The lowest BCUT2D eigenvalue weighted by atomic mass is 10.0. The molecule has 1 aliphatic carbocycles. The fraction of sp³-hybridized carbons (Fsp3) is 0.571. The predicted molar refractivity (Wildman–Crippen MR) is 110 cm³/mol. The molecule has 0 spiro atoms. The van der Waals surface area contributed by atoms with Gasteiger partial charge in [-0.1, -0.05) is 12.1 Å². The van der Waals surface area contributed by atoms with Crippen LogP contribution in [-0.4, -0.2) is 59.4 Å². The number of carbonyl (C=O) groups excluding carboxylic acids is 2. The van der Waals surface area contributed by atoms with Crippen LogP contribution in [0.15, 0.2) is 29.4 Å². The average Bonchev–Trinajstić information content (AvgIpc) is 3.49. The molecule has 0 aromatic heterocycles. The largest absolute Gasteiger partial charge is 0.416 e. The molecule has 0 bridgehead atoms. The molecule has 1 aromatic rings. The summed E-state index contributed by atoms with van der Waals surface area (Å²) in [6.07, 6.45) is -2.58. The van der Waals surface area contributed by atoms with Gasteiger partial charge < -0.3 is 4.90 Å². The van der Waals surface area contributed by atoms with E-state index in [2.05, 4.69) is 5.10 Å². The third kappa shape index (κ3) is 4.67. The molecule has 0 N–H and O–H groups in total. The Morgan fingerprint density at radius 3 is 2.53 bits per heavy atom. The van der Waals surface area contributed by atoms with Crippen LogP contribution < -0.4 is 0 Å². The second-order valence-corrected chi connectivity index (χ2v) is 10.8. The van der Waals surface area contributed by atoms with Gasteiger partial charge in [-0.3, -0.25) is 9.59 Å². The summed E-state index contributed by atoms with van der Waals surface area (Å²) in [6.45, 7) is 1.68. The fourth-order valence-electron chi connectivity index (χ4n) is 4.27. The van der Waals surface area contributed by atoms with E-state index in [9.17, 15) is 31.2 Å². The van der Waals surface area contributed by atoms with Crippen LogP contribution in [-0.2, 0) is 25.6 Å². The molecule has 0 radical (unpaired) electrons. The van der Waals surface area contributed by atoms with Gasteiger partial charge in [0.05, 0.1) is 29.2 Å². The first-order chi connectivity index (χ1) is 15.0. The highest BCUT2D eigenvalue weighted by atomic mass is 32.2. The van der Waals surface area contributed by atoms with Crippen LogP contribution in [0.3, 0.4) is 0 Å². The molecule has 2 atom stereocenters. The molecule has 3 aliphatic rings. The third-order valence-electron chi connectivity index (χ3n) is 6.15. The lowest BCUT2D eigenvalue weighted by Crippen LogP contribution is -2.46. The number of hydrazone groups is 1. The molecule has 1 saturated heterocycles. The lowest BCUT2D eigenvalue weighted by Gasteiger charge is -2.33. The first kappa shape index (κ1) is 22.8. The number of alkyl halides is 3. The normalized spacial score (nSPS) is 24.2. The van der Waals surface area contributed by atoms with Crippen molar-refractivity contribution in [2.24, 2.45) is 5.10 Å². The van der Waals surface area contributed by atoms with Gasteiger partial charge in [0, 0.05) is 18.9 Å². The second kappa shape index (κ2) is 8.17. The minimum Gasteiger partial charge on any atom is -0.328 e. The number of rotatable bonds is 5. The minimum absolute atomic E-state index is 0.0268. The topological polar surface area (TPSA) is 87.1 Å². The number of hydrogen-bond acceptors (Lipinski definition) is 5. The van der Waals surface area contributed by atoms with E-state index in [4.69, 9.17) is 0 Å². The predicted octanol–water partition coefficient (Wildman–Crippen LogP) is 2.92. The van der Waals surface area contributed by atoms with Crippen molar-refractivity contribution in [3.05, 3.63) is 35.4 Å². The van der Waals surface area contributed by atoms with Gasteiger partial charge in [-0.05, 0) is 43.9 Å². The number of benzene rings is 1. The Morgan fingerprint density at radius 1 is 1.22 bits per heavy atom. The Balaban J connectivity index is 1.60. The van der Waals surface area contributed by atoms with Crippen LogP contribution in [0.2, 0.25) is 0 Å². The van der Waals surface area contributed by atoms with Crippen LogP contribution in [0, 0.1) is 0 Å². The highest BCUT2D eigenvalue weighted by Crippen LogP contribution is 2.37. The molecule has 4 rings (SSSR count). The maximum absolute atomic E-state index is 13.4. The summed E-state index contributed by atoms with van der Waals surface area (Å²) < 4.78 is 63.1. The van der Waals surface area contributed by atoms with E-state index in [1.807, 2.05) is 0 Å². The Labute approximate surface area is 184 Å². The van der Waals surface area contributed by atoms with Crippen molar-refractivity contribution in [1.82, 2.24) is 9.91 Å². The van der Waals surface area contributed by atoms with Crippen LogP contribution in [0.1, 0.15) is 56.2 Å². The fourth-order valence-corrected chi connectivity index (χ4v) is 5.97. The van der Waals surface area contributed by atoms with E-state index in [0.29, 0.717) is 5.56 Å². The van der Waals surface area contributed by atoms with Crippen molar-refractivity contribution < 1.29 is 31.2 Å². The number of nitrogens with zero attached hydrogens (tertiary/aromatic N) is 3. The molecule has 11 heteroatoms. The Hall–Kier alpha value is -2.43. The van der Waals surface area contributed by atoms with E-state index >= 15 is 0 Å². The SMILES string of the molecule is CC(c1cccc(C(F)(F)F)c1)N(C(=O)C1=NN(C2CCS(=O)(=O)C2)C(=O)CC1)C1CC1. The zero-order valence-corrected chi connectivity index (χ0v) is 18.3. The molecule has 2 fully saturated rings. The molecule has 2 unspecified atom stereocenters. The van der Waals surface area contributed by atoms with Crippen LogP contribution in [0.4, 0.5) is 13.2 Å².